The molecule has 450 valence electrons. The fourth-order valence-electron chi connectivity index (χ4n) is 11.2. The molecule has 3 fully saturated rings. The maximum Gasteiger partial charge on any atom is 0.412 e. The number of nitrogens with zero attached hydrogens (tertiary/aromatic N) is 10. The van der Waals surface area contributed by atoms with Crippen LogP contribution < -0.4 is 25.2 Å². The molecule has 21 nitrogen and oxygen atoms in total. The van der Waals surface area contributed by atoms with Gasteiger partial charge in [-0.1, -0.05) is 70.1 Å². The van der Waals surface area contributed by atoms with E-state index in [-0.39, 0.29) is 62.2 Å². The van der Waals surface area contributed by atoms with Gasteiger partial charge in [-0.3, -0.25) is 43.6 Å². The summed E-state index contributed by atoms with van der Waals surface area (Å²) in [6.45, 7) is 21.7. The van der Waals surface area contributed by atoms with E-state index in [0.29, 0.717) is 84.4 Å². The molecule has 5 unspecified atom stereocenters. The van der Waals surface area contributed by atoms with Crippen molar-refractivity contribution in [1.82, 2.24) is 45.1 Å². The molecule has 0 bridgehead atoms. The summed E-state index contributed by atoms with van der Waals surface area (Å²) < 4.78 is 22.7. The molecule has 5 heterocycles. The summed E-state index contributed by atoms with van der Waals surface area (Å²) >= 11 is 6.81. The van der Waals surface area contributed by atoms with E-state index in [2.05, 4.69) is 81.8 Å². The van der Waals surface area contributed by atoms with Gasteiger partial charge in [-0.2, -0.15) is 15.2 Å². The van der Waals surface area contributed by atoms with Crippen molar-refractivity contribution in [3.8, 4) is 12.1 Å². The number of cyclic esters (lactones) is 2. The van der Waals surface area contributed by atoms with E-state index in [1.807, 2.05) is 35.8 Å². The van der Waals surface area contributed by atoms with Crippen LogP contribution in [0.15, 0.2) is 49.1 Å². The molecule has 2 N–H and O–H groups in total. The van der Waals surface area contributed by atoms with Crippen molar-refractivity contribution in [3.63, 3.8) is 0 Å². The number of carbonyl (C=O) groups excluding carboxylic acids is 5. The first-order chi connectivity index (χ1) is 39.6. The first kappa shape index (κ1) is 65.0. The molecule has 22 heteroatoms. The summed E-state index contributed by atoms with van der Waals surface area (Å²) in [4.78, 5) is 90.2. The number of carbonyl (C=O) groups is 5. The van der Waals surface area contributed by atoms with Crippen LogP contribution in [-0.2, 0) is 51.1 Å². The molecule has 1 aromatic heterocycles. The lowest BCUT2D eigenvalue weighted by atomic mass is 10.0. The maximum absolute atomic E-state index is 13.7. The minimum atomic E-state index is -1.81. The number of benzene rings is 2. The van der Waals surface area contributed by atoms with Crippen LogP contribution in [0.3, 0.4) is 0 Å². The number of hydrogen-bond donors (Lipinski definition) is 2. The fraction of sp³-hybridized carbons (Fsp3) is 0.633. The number of amides is 2. The van der Waals surface area contributed by atoms with E-state index >= 15 is 0 Å². The highest BCUT2D eigenvalue weighted by Crippen LogP contribution is 2.37. The second-order valence-corrected chi connectivity index (χ2v) is 22.0. The standard InChI is InChI=1S/C58H86ClN11O9.C2H3N/c1-8-25-64(7)38-53(74)78-58-77-52(73)33-61-43(10-3)34-70(39-54(75)79-58)44(11-4)35-69(41(6)9-2)37-50(71)60-24-13-14-26-65-27-17-20-45(65)40-76-57-62-48-36-68(49-22-16-19-42-18-15-21-47(59)55(42)49)28-23-46(48)56(63-57)67-31-29-66(30-32-67)51(72)12-5;1-2-3/h12,15-16,18-19,21-22,41,43-45,58,61H,5,8-11,13-14,17,20,23-40H2,1-4,6-7H3,(H,60,71);1H3. The number of fused-ring (bicyclic) bond motifs is 2. The quantitative estimate of drug-likeness (QED) is 0.0585. The molecule has 2 aromatic carbocycles. The molecule has 3 saturated heterocycles. The third-order valence-corrected chi connectivity index (χ3v) is 16.2. The number of halogens is 1. The molecular formula is C60H89ClN12O9. The lowest BCUT2D eigenvalue weighted by molar-refractivity contribution is -0.257. The number of piperazine rings is 1. The SMILES string of the molecule is C=CC(=O)N1CCN(c2nc(OCC3CCCN3CCCCNC(=O)CN(CC(CC)N3CC(=O)OC(OC(=O)CN(C)CCC)OC(=O)CNC(CC)C3)C(C)CC)nc3c2CCN(c2cccc4cccc(Cl)c24)C3)CC1.CC#N. The Labute approximate surface area is 490 Å². The Morgan fingerprint density at radius 1 is 0.976 bits per heavy atom. The topological polar surface area (TPSA) is 219 Å². The second-order valence-electron chi connectivity index (χ2n) is 21.6. The predicted octanol–water partition coefficient (Wildman–Crippen LogP) is 5.77. The Bertz CT molecular complexity index is 2630. The van der Waals surface area contributed by atoms with Gasteiger partial charge in [0.2, 0.25) is 11.8 Å². The number of aromatic nitrogens is 2. The summed E-state index contributed by atoms with van der Waals surface area (Å²) in [5.41, 5.74) is 3.12. The Kier molecular flexibility index (Phi) is 26.3. The van der Waals surface area contributed by atoms with Gasteiger partial charge in [0.25, 0.3) is 0 Å². The summed E-state index contributed by atoms with van der Waals surface area (Å²) in [7, 11) is 1.77. The van der Waals surface area contributed by atoms with Crippen molar-refractivity contribution in [2.45, 2.75) is 137 Å². The van der Waals surface area contributed by atoms with Crippen molar-refractivity contribution >= 4 is 63.6 Å². The van der Waals surface area contributed by atoms with E-state index in [9.17, 15) is 24.0 Å². The number of nitrogens with one attached hydrogen (secondary N) is 2. The zero-order chi connectivity index (χ0) is 59.1. The van der Waals surface area contributed by atoms with E-state index in [1.54, 1.807) is 18.0 Å². The van der Waals surface area contributed by atoms with Crippen molar-refractivity contribution in [1.29, 1.82) is 5.26 Å². The van der Waals surface area contributed by atoms with E-state index in [4.69, 9.17) is 45.8 Å². The van der Waals surface area contributed by atoms with Gasteiger partial charge in [0.15, 0.2) is 0 Å². The van der Waals surface area contributed by atoms with Crippen LogP contribution in [0.2, 0.25) is 5.02 Å². The van der Waals surface area contributed by atoms with Crippen molar-refractivity contribution < 1.29 is 42.9 Å². The molecule has 0 spiro atoms. The number of nitriles is 1. The van der Waals surface area contributed by atoms with Crippen LogP contribution in [0.1, 0.15) is 104 Å². The number of esters is 3. The van der Waals surface area contributed by atoms with Crippen molar-refractivity contribution in [2.24, 2.45) is 0 Å². The van der Waals surface area contributed by atoms with E-state index in [1.165, 1.54) is 13.0 Å². The second kappa shape index (κ2) is 33.2. The smallest absolute Gasteiger partial charge is 0.412 e. The highest BCUT2D eigenvalue weighted by atomic mass is 35.5. The van der Waals surface area contributed by atoms with Gasteiger partial charge in [-0.05, 0) is 115 Å². The fourth-order valence-corrected chi connectivity index (χ4v) is 11.4. The van der Waals surface area contributed by atoms with Gasteiger partial charge in [0, 0.05) is 100 Å². The first-order valence-corrected chi connectivity index (χ1v) is 29.9. The molecule has 2 amide bonds. The molecule has 82 heavy (non-hydrogen) atoms. The molecule has 4 aliphatic rings. The van der Waals surface area contributed by atoms with Crippen molar-refractivity contribution in [2.75, 3.05) is 122 Å². The molecule has 5 atom stereocenters. The number of rotatable bonds is 25. The minimum Gasteiger partial charge on any atom is -0.462 e. The number of likely N-dealkylation sites (N-methyl/N-ethyl adjacent to an activating group) is 1. The van der Waals surface area contributed by atoms with Gasteiger partial charge in [-0.25, -0.2) is 0 Å². The molecule has 4 aliphatic heterocycles. The Balaban J connectivity index is 0.00000352. The molecule has 0 saturated carbocycles. The average molecular weight is 1160 g/mol. The van der Waals surface area contributed by atoms with E-state index in [0.717, 1.165) is 103 Å². The highest BCUT2D eigenvalue weighted by Gasteiger charge is 2.34. The first-order valence-electron chi connectivity index (χ1n) is 29.5. The highest BCUT2D eigenvalue weighted by molar-refractivity contribution is 6.36. The Morgan fingerprint density at radius 2 is 1.72 bits per heavy atom. The lowest BCUT2D eigenvalue weighted by Gasteiger charge is -2.38. The maximum atomic E-state index is 13.7. The lowest BCUT2D eigenvalue weighted by Crippen LogP contribution is -2.53. The third-order valence-electron chi connectivity index (χ3n) is 15.9. The molecule has 3 aromatic rings. The summed E-state index contributed by atoms with van der Waals surface area (Å²) in [5, 5.41) is 16.6. The number of unbranched alkanes of at least 4 members (excludes halogenated alkanes) is 1. The van der Waals surface area contributed by atoms with Crippen LogP contribution in [0, 0.1) is 11.3 Å². The monoisotopic (exact) mass is 1160 g/mol. The zero-order valence-corrected chi connectivity index (χ0v) is 50.3. The minimum absolute atomic E-state index is 0.0571. The van der Waals surface area contributed by atoms with Gasteiger partial charge < -0.3 is 44.3 Å². The Hall–Kier alpha value is -6.15. The normalized spacial score (nSPS) is 19.9. The zero-order valence-electron chi connectivity index (χ0n) is 49.5. The van der Waals surface area contributed by atoms with Crippen molar-refractivity contribution in [3.05, 3.63) is 65.3 Å². The number of ether oxygens (including phenoxy) is 4. The molecule has 0 aliphatic carbocycles. The van der Waals surface area contributed by atoms with Crippen LogP contribution in [0.4, 0.5) is 11.5 Å². The Morgan fingerprint density at radius 3 is 2.43 bits per heavy atom. The molecule has 7 rings (SSSR count). The molecule has 0 radical (unpaired) electrons. The van der Waals surface area contributed by atoms with Gasteiger partial charge in [-0.15, -0.1) is 0 Å². The van der Waals surface area contributed by atoms with Gasteiger partial charge in [0.1, 0.15) is 12.4 Å². The van der Waals surface area contributed by atoms with E-state index < -0.39 is 24.4 Å². The van der Waals surface area contributed by atoms with Crippen LogP contribution in [0.25, 0.3) is 10.8 Å². The number of hydrogen-bond acceptors (Lipinski definition) is 19. The summed E-state index contributed by atoms with van der Waals surface area (Å²) in [5.74, 6) is -1.32. The van der Waals surface area contributed by atoms with Crippen LogP contribution >= 0.6 is 11.6 Å². The summed E-state index contributed by atoms with van der Waals surface area (Å²) in [6, 6.07) is 14.4. The molecular weight excluding hydrogens is 1070 g/mol. The average Bonchev–Trinajstić information content (AvgIpc) is 3.98. The largest absolute Gasteiger partial charge is 0.462 e. The number of likely N-dealkylation sites (tertiary alicyclic amines) is 1. The predicted molar refractivity (Wildman–Crippen MR) is 317 cm³/mol. The number of anilines is 2. The third kappa shape index (κ3) is 18.9. The van der Waals surface area contributed by atoms with Gasteiger partial charge >= 0.3 is 30.4 Å². The summed E-state index contributed by atoms with van der Waals surface area (Å²) in [6.07, 6.45) is 8.93. The van der Waals surface area contributed by atoms with Gasteiger partial charge in [0.05, 0.1) is 49.5 Å². The van der Waals surface area contributed by atoms with Crippen LogP contribution in [0.5, 0.6) is 6.01 Å². The van der Waals surface area contributed by atoms with Crippen LogP contribution in [-0.4, -0.2) is 207 Å².